The number of rotatable bonds is 2. The van der Waals surface area contributed by atoms with Gasteiger partial charge in [0.25, 0.3) is 0 Å². The van der Waals surface area contributed by atoms with Crippen molar-refractivity contribution in [3.63, 3.8) is 0 Å². The summed E-state index contributed by atoms with van der Waals surface area (Å²) in [6, 6.07) is 5.34. The minimum absolute atomic E-state index is 0.0249. The van der Waals surface area contributed by atoms with Crippen LogP contribution in [0.5, 0.6) is 0 Å². The Balaban J connectivity index is 2.04. The number of ether oxygens (including phenoxy) is 1. The van der Waals surface area contributed by atoms with Gasteiger partial charge in [0, 0.05) is 7.05 Å². The number of amides is 1. The van der Waals surface area contributed by atoms with Gasteiger partial charge in [0.05, 0.1) is 0 Å². The first-order valence-electron chi connectivity index (χ1n) is 6.99. The van der Waals surface area contributed by atoms with Gasteiger partial charge in [-0.3, -0.25) is 0 Å². The summed E-state index contributed by atoms with van der Waals surface area (Å²) in [5.74, 6) is 0.199. The highest BCUT2D eigenvalue weighted by molar-refractivity contribution is 5.67. The van der Waals surface area contributed by atoms with Crippen LogP contribution in [-0.2, 0) is 10.2 Å². The van der Waals surface area contributed by atoms with Crippen molar-refractivity contribution in [2.75, 3.05) is 7.05 Å². The monoisotopic (exact) mass is 279 g/mol. The van der Waals surface area contributed by atoms with Crippen LogP contribution in [0.15, 0.2) is 18.2 Å². The molecule has 3 nitrogen and oxygen atoms in total. The van der Waals surface area contributed by atoms with E-state index >= 15 is 0 Å². The van der Waals surface area contributed by atoms with Crippen molar-refractivity contribution in [2.24, 2.45) is 0 Å². The summed E-state index contributed by atoms with van der Waals surface area (Å²) in [5, 5.41) is 2.44. The van der Waals surface area contributed by atoms with E-state index in [0.717, 1.165) is 24.0 Å². The van der Waals surface area contributed by atoms with Crippen molar-refractivity contribution in [1.29, 1.82) is 0 Å². The number of halogens is 1. The molecule has 1 aromatic rings. The van der Waals surface area contributed by atoms with E-state index in [1.165, 1.54) is 0 Å². The van der Waals surface area contributed by atoms with Crippen molar-refractivity contribution in [3.05, 3.63) is 35.1 Å². The molecule has 0 saturated heterocycles. The Hall–Kier alpha value is -1.58. The van der Waals surface area contributed by atoms with E-state index in [1.807, 2.05) is 32.9 Å². The molecule has 1 aromatic carbocycles. The normalized spacial score (nSPS) is 22.1. The summed E-state index contributed by atoms with van der Waals surface area (Å²) in [6.07, 6.45) is 1.21. The lowest BCUT2D eigenvalue weighted by Gasteiger charge is -2.35. The Labute approximate surface area is 119 Å². The highest BCUT2D eigenvalue weighted by Gasteiger charge is 2.34. The highest BCUT2D eigenvalue weighted by Crippen LogP contribution is 2.40. The molecule has 0 heterocycles. The largest absolute Gasteiger partial charge is 0.446 e. The molecule has 2 rings (SSSR count). The smallest absolute Gasteiger partial charge is 0.407 e. The molecule has 0 aliphatic heterocycles. The molecule has 20 heavy (non-hydrogen) atoms. The average molecular weight is 279 g/mol. The molecule has 1 aliphatic rings. The summed E-state index contributed by atoms with van der Waals surface area (Å²) < 4.78 is 19.1. The standard InChI is InChI=1S/C16H22FNO2/c1-16(2,3)13-9-10(5-6-14(13)17)11-7-12(8-11)20-15(19)18-4/h5-6,9,11-12H,7-8H2,1-4H3,(H,18,19). The van der Waals surface area contributed by atoms with Crippen molar-refractivity contribution in [3.8, 4) is 0 Å². The molecule has 1 saturated carbocycles. The quantitative estimate of drug-likeness (QED) is 0.896. The number of hydrogen-bond donors (Lipinski definition) is 1. The molecule has 1 aliphatic carbocycles. The van der Waals surface area contributed by atoms with Gasteiger partial charge in [0.15, 0.2) is 0 Å². The summed E-state index contributed by atoms with van der Waals surface area (Å²) >= 11 is 0. The summed E-state index contributed by atoms with van der Waals surface area (Å²) in [6.45, 7) is 6.02. The van der Waals surface area contributed by atoms with Crippen LogP contribution >= 0.6 is 0 Å². The molecular formula is C16H22FNO2. The van der Waals surface area contributed by atoms with E-state index in [4.69, 9.17) is 4.74 Å². The number of carbonyl (C=O) groups is 1. The van der Waals surface area contributed by atoms with E-state index in [9.17, 15) is 9.18 Å². The van der Waals surface area contributed by atoms with Gasteiger partial charge in [-0.15, -0.1) is 0 Å². The maximum absolute atomic E-state index is 13.9. The fourth-order valence-corrected chi connectivity index (χ4v) is 2.52. The Morgan fingerprint density at radius 3 is 2.55 bits per heavy atom. The molecule has 4 heteroatoms. The number of benzene rings is 1. The van der Waals surface area contributed by atoms with Gasteiger partial charge < -0.3 is 10.1 Å². The predicted octanol–water partition coefficient (Wildman–Crippen LogP) is 3.73. The molecule has 1 N–H and O–H groups in total. The molecular weight excluding hydrogens is 257 g/mol. The van der Waals surface area contributed by atoms with Gasteiger partial charge in [-0.25, -0.2) is 9.18 Å². The Bertz CT molecular complexity index is 502. The van der Waals surface area contributed by atoms with Crippen LogP contribution in [0, 0.1) is 5.82 Å². The molecule has 0 spiro atoms. The lowest BCUT2D eigenvalue weighted by molar-refractivity contribution is 0.0406. The minimum Gasteiger partial charge on any atom is -0.446 e. The second-order valence-corrected chi connectivity index (χ2v) is 6.43. The lowest BCUT2D eigenvalue weighted by Crippen LogP contribution is -2.35. The summed E-state index contributed by atoms with van der Waals surface area (Å²) in [7, 11) is 1.55. The molecule has 0 bridgehead atoms. The fourth-order valence-electron chi connectivity index (χ4n) is 2.52. The maximum atomic E-state index is 13.9. The second kappa shape index (κ2) is 5.43. The lowest BCUT2D eigenvalue weighted by atomic mass is 9.75. The van der Waals surface area contributed by atoms with Crippen LogP contribution in [-0.4, -0.2) is 19.2 Å². The Morgan fingerprint density at radius 2 is 2.00 bits per heavy atom. The molecule has 0 unspecified atom stereocenters. The van der Waals surface area contributed by atoms with Gasteiger partial charge >= 0.3 is 6.09 Å². The third-order valence-corrected chi connectivity index (χ3v) is 3.84. The summed E-state index contributed by atoms with van der Waals surface area (Å²) in [5.41, 5.74) is 1.67. The zero-order valence-electron chi connectivity index (χ0n) is 12.5. The van der Waals surface area contributed by atoms with Crippen LogP contribution in [0.2, 0.25) is 0 Å². The van der Waals surface area contributed by atoms with Crippen molar-refractivity contribution in [2.45, 2.75) is 51.0 Å². The summed E-state index contributed by atoms with van der Waals surface area (Å²) in [4.78, 5) is 11.1. The zero-order chi connectivity index (χ0) is 14.9. The number of alkyl carbamates (subject to hydrolysis) is 1. The van der Waals surface area contributed by atoms with Crippen molar-refractivity contribution >= 4 is 6.09 Å². The fraction of sp³-hybridized carbons (Fsp3) is 0.562. The van der Waals surface area contributed by atoms with Gasteiger partial charge in [0.1, 0.15) is 11.9 Å². The van der Waals surface area contributed by atoms with Crippen LogP contribution in [0.4, 0.5) is 9.18 Å². The second-order valence-electron chi connectivity index (χ2n) is 6.43. The first-order valence-corrected chi connectivity index (χ1v) is 6.99. The Kier molecular flexibility index (Phi) is 4.02. The zero-order valence-corrected chi connectivity index (χ0v) is 12.5. The van der Waals surface area contributed by atoms with Gasteiger partial charge in [0.2, 0.25) is 0 Å². The van der Waals surface area contributed by atoms with E-state index in [0.29, 0.717) is 5.92 Å². The van der Waals surface area contributed by atoms with Crippen molar-refractivity contribution < 1.29 is 13.9 Å². The SMILES string of the molecule is CNC(=O)OC1CC(c2ccc(F)c(C(C)(C)C)c2)C1. The van der Waals surface area contributed by atoms with Gasteiger partial charge in [-0.2, -0.15) is 0 Å². The highest BCUT2D eigenvalue weighted by atomic mass is 19.1. The number of carbonyl (C=O) groups excluding carboxylic acids is 1. The van der Waals surface area contributed by atoms with Gasteiger partial charge in [-0.05, 0) is 41.4 Å². The molecule has 0 radical (unpaired) electrons. The van der Waals surface area contributed by atoms with E-state index in [2.05, 4.69) is 5.32 Å². The van der Waals surface area contributed by atoms with Crippen LogP contribution in [0.3, 0.4) is 0 Å². The molecule has 1 amide bonds. The average Bonchev–Trinajstić information content (AvgIpc) is 2.32. The first-order chi connectivity index (χ1) is 9.31. The molecule has 0 atom stereocenters. The van der Waals surface area contributed by atoms with Crippen LogP contribution in [0.25, 0.3) is 0 Å². The molecule has 1 fully saturated rings. The number of hydrogen-bond acceptors (Lipinski definition) is 2. The Morgan fingerprint density at radius 1 is 1.35 bits per heavy atom. The first kappa shape index (κ1) is 14.8. The van der Waals surface area contributed by atoms with Crippen LogP contribution in [0.1, 0.15) is 50.7 Å². The minimum atomic E-state index is -0.386. The third kappa shape index (κ3) is 3.11. The topological polar surface area (TPSA) is 38.3 Å². The molecule has 0 aromatic heterocycles. The van der Waals surface area contributed by atoms with Crippen molar-refractivity contribution in [1.82, 2.24) is 5.32 Å². The van der Waals surface area contributed by atoms with Crippen LogP contribution < -0.4 is 5.32 Å². The van der Waals surface area contributed by atoms with E-state index in [1.54, 1.807) is 13.1 Å². The van der Waals surface area contributed by atoms with Gasteiger partial charge in [-0.1, -0.05) is 32.9 Å². The number of nitrogens with one attached hydrogen (secondary N) is 1. The van der Waals surface area contributed by atoms with E-state index < -0.39 is 0 Å². The molecule has 110 valence electrons. The maximum Gasteiger partial charge on any atom is 0.407 e. The van der Waals surface area contributed by atoms with E-state index in [-0.39, 0.29) is 23.4 Å². The third-order valence-electron chi connectivity index (χ3n) is 3.84. The predicted molar refractivity (Wildman–Crippen MR) is 76.4 cm³/mol.